The number of rotatable bonds is 8. The second-order valence-corrected chi connectivity index (χ2v) is 8.63. The van der Waals surface area contributed by atoms with E-state index in [1.165, 1.54) is 12.1 Å². The first-order valence-corrected chi connectivity index (χ1v) is 10.4. The molecule has 2 aromatic rings. The summed E-state index contributed by atoms with van der Waals surface area (Å²) >= 11 is 6.08. The van der Waals surface area contributed by atoms with E-state index >= 15 is 0 Å². The van der Waals surface area contributed by atoms with E-state index in [1.807, 2.05) is 18.2 Å². The van der Waals surface area contributed by atoms with Crippen molar-refractivity contribution >= 4 is 33.2 Å². The van der Waals surface area contributed by atoms with Gasteiger partial charge in [0.2, 0.25) is 15.9 Å². The van der Waals surface area contributed by atoms with E-state index in [-0.39, 0.29) is 10.8 Å². The van der Waals surface area contributed by atoms with E-state index in [0.717, 1.165) is 18.4 Å². The monoisotopic (exact) mass is 392 g/mol. The minimum atomic E-state index is -3.49. The summed E-state index contributed by atoms with van der Waals surface area (Å²) in [7, 11) is -3.49. The van der Waals surface area contributed by atoms with Crippen LogP contribution in [0, 0.1) is 5.92 Å². The van der Waals surface area contributed by atoms with Crippen LogP contribution in [0.3, 0.4) is 0 Å². The van der Waals surface area contributed by atoms with Gasteiger partial charge in [-0.15, -0.1) is 0 Å². The summed E-state index contributed by atoms with van der Waals surface area (Å²) in [6.07, 6.45) is 3.01. The number of anilines is 1. The van der Waals surface area contributed by atoms with Crippen molar-refractivity contribution in [3.05, 3.63) is 59.1 Å². The molecule has 0 heterocycles. The zero-order valence-electron chi connectivity index (χ0n) is 14.2. The maximum atomic E-state index is 12.2. The van der Waals surface area contributed by atoms with Crippen LogP contribution >= 0.6 is 11.6 Å². The number of halogens is 1. The van der Waals surface area contributed by atoms with Crippen molar-refractivity contribution < 1.29 is 13.2 Å². The van der Waals surface area contributed by atoms with Gasteiger partial charge < -0.3 is 5.32 Å². The largest absolute Gasteiger partial charge is 0.326 e. The van der Waals surface area contributed by atoms with Crippen molar-refractivity contribution in [1.82, 2.24) is 4.72 Å². The lowest BCUT2D eigenvalue weighted by Crippen LogP contribution is -2.25. The number of sulfonamides is 1. The summed E-state index contributed by atoms with van der Waals surface area (Å²) in [5.74, 6) is 0.328. The molecule has 138 valence electrons. The SMILES string of the molecule is O=C(CCc1ccccc1Cl)Nc1ccc(S(=O)(=O)NCC2CC2)cc1. The van der Waals surface area contributed by atoms with Crippen molar-refractivity contribution in [3.8, 4) is 0 Å². The molecular formula is C19H21ClN2O3S. The Morgan fingerprint density at radius 1 is 1.08 bits per heavy atom. The smallest absolute Gasteiger partial charge is 0.240 e. The standard InChI is InChI=1S/C19H21ClN2O3S/c20-18-4-2-1-3-15(18)7-12-19(23)22-16-8-10-17(11-9-16)26(24,25)21-13-14-5-6-14/h1-4,8-11,14,21H,5-7,12-13H2,(H,22,23). The van der Waals surface area contributed by atoms with Gasteiger partial charge in [-0.25, -0.2) is 13.1 Å². The van der Waals surface area contributed by atoms with E-state index in [2.05, 4.69) is 10.0 Å². The number of carbonyl (C=O) groups excluding carboxylic acids is 1. The summed E-state index contributed by atoms with van der Waals surface area (Å²) in [5.41, 5.74) is 1.49. The molecule has 0 radical (unpaired) electrons. The van der Waals surface area contributed by atoms with Crippen molar-refractivity contribution in [3.63, 3.8) is 0 Å². The van der Waals surface area contributed by atoms with Crippen LogP contribution in [0.2, 0.25) is 5.02 Å². The molecule has 1 amide bonds. The molecule has 7 heteroatoms. The number of aryl methyl sites for hydroxylation is 1. The Balaban J connectivity index is 1.53. The first-order chi connectivity index (χ1) is 12.4. The predicted octanol–water partition coefficient (Wildman–Crippen LogP) is 3.60. The molecule has 5 nitrogen and oxygen atoms in total. The third kappa shape index (κ3) is 5.30. The topological polar surface area (TPSA) is 75.3 Å². The van der Waals surface area contributed by atoms with Gasteiger partial charge in [0.1, 0.15) is 0 Å². The molecular weight excluding hydrogens is 372 g/mol. The van der Waals surface area contributed by atoms with Crippen molar-refractivity contribution in [2.24, 2.45) is 5.92 Å². The molecule has 2 N–H and O–H groups in total. The van der Waals surface area contributed by atoms with Gasteiger partial charge in [-0.1, -0.05) is 29.8 Å². The minimum absolute atomic E-state index is 0.146. The Hall–Kier alpha value is -1.89. The molecule has 1 saturated carbocycles. The zero-order chi connectivity index (χ0) is 18.6. The number of benzene rings is 2. The highest BCUT2D eigenvalue weighted by molar-refractivity contribution is 7.89. The molecule has 3 rings (SSSR count). The average molecular weight is 393 g/mol. The average Bonchev–Trinajstić information content (AvgIpc) is 3.44. The third-order valence-electron chi connectivity index (χ3n) is 4.29. The lowest BCUT2D eigenvalue weighted by Gasteiger charge is -2.09. The lowest BCUT2D eigenvalue weighted by molar-refractivity contribution is -0.116. The highest BCUT2D eigenvalue weighted by Gasteiger charge is 2.24. The predicted molar refractivity (Wildman–Crippen MR) is 103 cm³/mol. The van der Waals surface area contributed by atoms with Gasteiger partial charge >= 0.3 is 0 Å². The quantitative estimate of drug-likeness (QED) is 0.720. The van der Waals surface area contributed by atoms with Crippen LogP contribution in [0.5, 0.6) is 0 Å². The highest BCUT2D eigenvalue weighted by atomic mass is 35.5. The second kappa shape index (κ2) is 8.20. The van der Waals surface area contributed by atoms with E-state index in [0.29, 0.717) is 36.0 Å². The fourth-order valence-electron chi connectivity index (χ4n) is 2.52. The first kappa shape index (κ1) is 18.9. The molecule has 1 fully saturated rings. The summed E-state index contributed by atoms with van der Waals surface area (Å²) in [5, 5.41) is 3.42. The molecule has 0 aromatic heterocycles. The third-order valence-corrected chi connectivity index (χ3v) is 6.09. The van der Waals surface area contributed by atoms with Crippen molar-refractivity contribution in [1.29, 1.82) is 0 Å². The van der Waals surface area contributed by atoms with Crippen LogP contribution in [-0.2, 0) is 21.2 Å². The fourth-order valence-corrected chi connectivity index (χ4v) is 3.87. The molecule has 1 aliphatic rings. The van der Waals surface area contributed by atoms with Gasteiger partial charge in [0, 0.05) is 23.7 Å². The van der Waals surface area contributed by atoms with E-state index in [9.17, 15) is 13.2 Å². The molecule has 1 aliphatic carbocycles. The van der Waals surface area contributed by atoms with Crippen molar-refractivity contribution in [2.45, 2.75) is 30.6 Å². The molecule has 0 atom stereocenters. The Bertz CT molecular complexity index is 878. The normalized spacial score (nSPS) is 14.2. The second-order valence-electron chi connectivity index (χ2n) is 6.46. The summed E-state index contributed by atoms with van der Waals surface area (Å²) in [4.78, 5) is 12.3. The van der Waals surface area contributed by atoms with E-state index in [1.54, 1.807) is 18.2 Å². The molecule has 0 bridgehead atoms. The maximum Gasteiger partial charge on any atom is 0.240 e. The van der Waals surface area contributed by atoms with Crippen LogP contribution in [0.15, 0.2) is 53.4 Å². The number of amides is 1. The molecule has 2 aromatic carbocycles. The number of hydrogen-bond acceptors (Lipinski definition) is 3. The Labute approximate surface area is 158 Å². The number of carbonyl (C=O) groups is 1. The maximum absolute atomic E-state index is 12.2. The summed E-state index contributed by atoms with van der Waals surface area (Å²) in [6, 6.07) is 13.6. The molecule has 0 spiro atoms. The lowest BCUT2D eigenvalue weighted by atomic mass is 10.1. The van der Waals surface area contributed by atoms with Gasteiger partial charge in [0.05, 0.1) is 4.90 Å². The van der Waals surface area contributed by atoms with Crippen LogP contribution in [0.25, 0.3) is 0 Å². The van der Waals surface area contributed by atoms with Gasteiger partial charge in [0.25, 0.3) is 0 Å². The highest BCUT2D eigenvalue weighted by Crippen LogP contribution is 2.28. The minimum Gasteiger partial charge on any atom is -0.326 e. The fraction of sp³-hybridized carbons (Fsp3) is 0.316. The molecule has 0 aliphatic heterocycles. The Morgan fingerprint density at radius 2 is 1.77 bits per heavy atom. The van der Waals surface area contributed by atoms with Crippen LogP contribution in [0.1, 0.15) is 24.8 Å². The Morgan fingerprint density at radius 3 is 2.42 bits per heavy atom. The first-order valence-electron chi connectivity index (χ1n) is 8.57. The van der Waals surface area contributed by atoms with E-state index < -0.39 is 10.0 Å². The van der Waals surface area contributed by atoms with Gasteiger partial charge in [0.15, 0.2) is 0 Å². The number of hydrogen-bond donors (Lipinski definition) is 2. The van der Waals surface area contributed by atoms with Crippen LogP contribution in [-0.4, -0.2) is 20.9 Å². The molecule has 26 heavy (non-hydrogen) atoms. The van der Waals surface area contributed by atoms with Crippen molar-refractivity contribution in [2.75, 3.05) is 11.9 Å². The van der Waals surface area contributed by atoms with E-state index in [4.69, 9.17) is 11.6 Å². The van der Waals surface area contributed by atoms with Crippen LogP contribution in [0.4, 0.5) is 5.69 Å². The summed E-state index contributed by atoms with van der Waals surface area (Å²) in [6.45, 7) is 0.489. The molecule has 0 unspecified atom stereocenters. The number of nitrogens with one attached hydrogen (secondary N) is 2. The van der Waals surface area contributed by atoms with Gasteiger partial charge in [-0.05, 0) is 61.1 Å². The van der Waals surface area contributed by atoms with Crippen LogP contribution < -0.4 is 10.0 Å². The van der Waals surface area contributed by atoms with Gasteiger partial charge in [-0.3, -0.25) is 4.79 Å². The zero-order valence-corrected chi connectivity index (χ0v) is 15.8. The summed E-state index contributed by atoms with van der Waals surface area (Å²) < 4.78 is 27.0. The Kier molecular flexibility index (Phi) is 5.96. The van der Waals surface area contributed by atoms with Gasteiger partial charge in [-0.2, -0.15) is 0 Å². The molecule has 0 saturated heterocycles.